The second kappa shape index (κ2) is 7.93. The summed E-state index contributed by atoms with van der Waals surface area (Å²) in [5.41, 5.74) is -2.12. The number of benzene rings is 3. The number of hydrogen-bond donors (Lipinski definition) is 1. The summed E-state index contributed by atoms with van der Waals surface area (Å²) < 4.78 is 84.7. The highest BCUT2D eigenvalue weighted by Gasteiger charge is 2.28. The van der Waals surface area contributed by atoms with Crippen molar-refractivity contribution in [2.75, 3.05) is 5.31 Å². The van der Waals surface area contributed by atoms with E-state index >= 15 is 0 Å². The molecule has 0 atom stereocenters. The minimum atomic E-state index is -3.69. The first-order valence-corrected chi connectivity index (χ1v) is 9.32. The molecular weight excluding hydrogens is 366 g/mol. The van der Waals surface area contributed by atoms with Crippen LogP contribution in [0.25, 0.3) is 28.1 Å². The van der Waals surface area contributed by atoms with Crippen molar-refractivity contribution in [1.82, 2.24) is 4.57 Å². The van der Waals surface area contributed by atoms with Gasteiger partial charge in [-0.2, -0.15) is 5.26 Å². The van der Waals surface area contributed by atoms with Crippen molar-refractivity contribution in [2.24, 2.45) is 0 Å². The van der Waals surface area contributed by atoms with Crippen molar-refractivity contribution >= 4 is 5.82 Å². The third-order valence-electron chi connectivity index (χ3n) is 4.66. The molecule has 30 heavy (non-hydrogen) atoms. The van der Waals surface area contributed by atoms with Crippen LogP contribution in [-0.4, -0.2) is 10.1 Å². The first kappa shape index (κ1) is 10.8. The van der Waals surface area contributed by atoms with Crippen LogP contribution in [0.5, 0.6) is 0 Å². The Morgan fingerprint density at radius 1 is 0.833 bits per heavy atom. The molecule has 3 nitrogen and oxygen atoms in total. The van der Waals surface area contributed by atoms with Crippen molar-refractivity contribution in [3.8, 4) is 34.1 Å². The van der Waals surface area contributed by atoms with E-state index in [1.54, 1.807) is 91.0 Å². The van der Waals surface area contributed by atoms with E-state index in [0.29, 0.717) is 16.8 Å². The molecular formula is C27H25N3. The van der Waals surface area contributed by atoms with Gasteiger partial charge in [-0.1, -0.05) is 78.9 Å². The van der Waals surface area contributed by atoms with E-state index in [4.69, 9.17) is 12.3 Å². The molecule has 0 unspecified atom stereocenters. The number of anilines is 1. The van der Waals surface area contributed by atoms with Crippen LogP contribution >= 0.6 is 0 Å². The summed E-state index contributed by atoms with van der Waals surface area (Å²) in [5, 5.41) is 10.6. The van der Waals surface area contributed by atoms with Crippen molar-refractivity contribution in [3.05, 3.63) is 96.6 Å². The van der Waals surface area contributed by atoms with Crippen LogP contribution in [0.3, 0.4) is 0 Å². The highest BCUT2D eigenvalue weighted by atomic mass is 15.2. The van der Waals surface area contributed by atoms with Gasteiger partial charge in [0, 0.05) is 29.1 Å². The lowest BCUT2D eigenvalue weighted by Crippen LogP contribution is -2.28. The molecule has 0 amide bonds. The molecule has 0 spiro atoms. The zero-order valence-corrected chi connectivity index (χ0v) is 16.0. The number of hydrogen-bond acceptors (Lipinski definition) is 2. The average Bonchev–Trinajstić information content (AvgIpc) is 3.23. The van der Waals surface area contributed by atoms with Gasteiger partial charge in [-0.05, 0) is 43.8 Å². The van der Waals surface area contributed by atoms with Crippen LogP contribution in [-0.2, 0) is 0 Å². The van der Waals surface area contributed by atoms with E-state index in [2.05, 4.69) is 6.07 Å². The topological polar surface area (TPSA) is 40.8 Å². The number of nitrogens with one attached hydrogen (secondary N) is 1. The minimum Gasteiger partial charge on any atom is -0.366 e. The van der Waals surface area contributed by atoms with Gasteiger partial charge in [-0.15, -0.1) is 0 Å². The van der Waals surface area contributed by atoms with E-state index in [-0.39, 0.29) is 27.9 Å². The highest BCUT2D eigenvalue weighted by Crippen LogP contribution is 2.43. The van der Waals surface area contributed by atoms with Gasteiger partial charge in [-0.25, -0.2) is 0 Å². The summed E-state index contributed by atoms with van der Waals surface area (Å²) in [6, 6.07) is 27.5. The molecule has 1 aromatic heterocycles. The van der Waals surface area contributed by atoms with Crippen molar-refractivity contribution in [3.63, 3.8) is 0 Å². The number of para-hydroxylation sites is 1. The fourth-order valence-corrected chi connectivity index (χ4v) is 3.51. The Balaban J connectivity index is 2.31. The summed E-state index contributed by atoms with van der Waals surface area (Å²) in [7, 11) is 0. The van der Waals surface area contributed by atoms with Crippen LogP contribution in [0.1, 0.15) is 38.5 Å². The first-order chi connectivity index (χ1) is 18.7. The maximum Gasteiger partial charge on any atom is 0.162 e. The Hall–Kier alpha value is -3.77. The summed E-state index contributed by atoms with van der Waals surface area (Å²) in [4.78, 5) is 0. The van der Waals surface area contributed by atoms with Crippen LogP contribution in [0, 0.1) is 11.3 Å². The average molecular weight is 402 g/mol. The predicted molar refractivity (Wildman–Crippen MR) is 125 cm³/mol. The normalized spacial score (nSPS) is 17.3. The Labute approximate surface area is 192 Å². The predicted octanol–water partition coefficient (Wildman–Crippen LogP) is 6.89. The zero-order chi connectivity index (χ0) is 29.5. The monoisotopic (exact) mass is 401 g/mol. The van der Waals surface area contributed by atoms with Crippen LogP contribution in [0.15, 0.2) is 91.0 Å². The summed E-state index contributed by atoms with van der Waals surface area (Å²) in [6.07, 6.45) is 0. The second-order valence-corrected chi connectivity index (χ2v) is 6.76. The standard InChI is InChI=1S/C27H25N3/c1-27(2,3)29-26-24(20-13-7-4-8-14-20)23(19-28)25(21-15-9-5-10-16-21)30(26)22-17-11-6-12-18-22/h4-18,29H,1-3H3/i1D3,2D3,3D3/hD. The lowest BCUT2D eigenvalue weighted by Gasteiger charge is -2.25. The lowest BCUT2D eigenvalue weighted by atomic mass is 9.99. The molecule has 148 valence electrons. The second-order valence-electron chi connectivity index (χ2n) is 6.76. The van der Waals surface area contributed by atoms with E-state index < -0.39 is 26.1 Å². The minimum absolute atomic E-state index is 0.0176. The molecule has 4 rings (SSSR count). The van der Waals surface area contributed by atoms with Gasteiger partial charge in [0.25, 0.3) is 0 Å². The fourth-order valence-electron chi connectivity index (χ4n) is 3.51. The molecule has 0 radical (unpaired) electrons. The van der Waals surface area contributed by atoms with Gasteiger partial charge in [-0.3, -0.25) is 4.57 Å². The van der Waals surface area contributed by atoms with Gasteiger partial charge in [0.15, 0.2) is 1.41 Å². The SMILES string of the molecule is [2H]N(c1c(-c2ccccc2)c(C#N)c(-c2ccccc2)n1-c1ccccc1)C(C([2H])([2H])[2H])(C([2H])([2H])[2H])C([2H])([2H])[2H]. The van der Waals surface area contributed by atoms with Crippen LogP contribution in [0.4, 0.5) is 5.82 Å². The summed E-state index contributed by atoms with van der Waals surface area (Å²) in [6.45, 7) is -11.1. The Morgan fingerprint density at radius 3 is 1.90 bits per heavy atom. The van der Waals surface area contributed by atoms with Crippen molar-refractivity contribution < 1.29 is 13.7 Å². The van der Waals surface area contributed by atoms with Gasteiger partial charge in [0.05, 0.1) is 11.3 Å². The third-order valence-corrected chi connectivity index (χ3v) is 4.66. The van der Waals surface area contributed by atoms with Crippen molar-refractivity contribution in [1.29, 1.82) is 5.26 Å². The summed E-state index contributed by atoms with van der Waals surface area (Å²) in [5.74, 6) is -0.379. The van der Waals surface area contributed by atoms with Gasteiger partial charge >= 0.3 is 0 Å². The molecule has 0 aliphatic heterocycles. The summed E-state index contributed by atoms with van der Waals surface area (Å²) >= 11 is 0. The molecule has 0 saturated heterocycles. The van der Waals surface area contributed by atoms with E-state index in [1.165, 1.54) is 4.57 Å². The van der Waals surface area contributed by atoms with Gasteiger partial charge in [0.2, 0.25) is 0 Å². The molecule has 3 heteroatoms. The van der Waals surface area contributed by atoms with Gasteiger partial charge in [0.1, 0.15) is 11.9 Å². The Bertz CT molecular complexity index is 1480. The third kappa shape index (κ3) is 3.73. The first-order valence-electron chi connectivity index (χ1n) is 14.3. The molecule has 0 fully saturated rings. The fraction of sp³-hybridized carbons (Fsp3) is 0.148. The highest BCUT2D eigenvalue weighted by molar-refractivity contribution is 5.92. The molecule has 1 N–H and O–H groups in total. The van der Waals surface area contributed by atoms with E-state index in [1.807, 2.05) is 0 Å². The number of nitrogens with zero attached hydrogens (tertiary/aromatic N) is 2. The molecule has 0 aliphatic rings. The van der Waals surface area contributed by atoms with Gasteiger partial charge < -0.3 is 5.31 Å². The molecule has 1 heterocycles. The Morgan fingerprint density at radius 2 is 1.37 bits per heavy atom. The molecule has 0 aliphatic carbocycles. The number of rotatable bonds is 4. The smallest absolute Gasteiger partial charge is 0.162 e. The number of aromatic nitrogens is 1. The van der Waals surface area contributed by atoms with E-state index in [9.17, 15) is 6.67 Å². The molecule has 0 saturated carbocycles. The zero-order valence-electron chi connectivity index (χ0n) is 26.0. The number of nitriles is 1. The molecule has 0 bridgehead atoms. The quantitative estimate of drug-likeness (QED) is 0.404. The lowest BCUT2D eigenvalue weighted by molar-refractivity contribution is 0.628. The largest absolute Gasteiger partial charge is 0.366 e. The maximum atomic E-state index is 10.5. The molecule has 4 aromatic rings. The van der Waals surface area contributed by atoms with Crippen LogP contribution < -0.4 is 5.31 Å². The molecule has 3 aromatic carbocycles. The van der Waals surface area contributed by atoms with Crippen molar-refractivity contribution in [2.45, 2.75) is 26.1 Å². The van der Waals surface area contributed by atoms with Crippen LogP contribution in [0.2, 0.25) is 1.41 Å². The van der Waals surface area contributed by atoms with E-state index in [0.717, 1.165) is 0 Å². The maximum absolute atomic E-state index is 10.5. The Kier molecular flexibility index (Phi) is 2.87.